The summed E-state index contributed by atoms with van der Waals surface area (Å²) in [5.41, 5.74) is 1.63. The number of ether oxygens (including phenoxy) is 1. The molecule has 164 valence electrons. The molecule has 1 unspecified atom stereocenters. The van der Waals surface area contributed by atoms with Crippen molar-refractivity contribution in [1.82, 2.24) is 25.2 Å². The Morgan fingerprint density at radius 1 is 1.10 bits per heavy atom. The van der Waals surface area contributed by atoms with E-state index in [1.54, 1.807) is 7.11 Å². The third-order valence-corrected chi connectivity index (χ3v) is 7.10. The van der Waals surface area contributed by atoms with Gasteiger partial charge in [0.25, 0.3) is 5.56 Å². The molecule has 0 amide bonds. The Kier molecular flexibility index (Phi) is 5.72. The van der Waals surface area contributed by atoms with E-state index in [0.717, 1.165) is 47.4 Å². The molecule has 5 rings (SSSR count). The highest BCUT2D eigenvalue weighted by atomic mass is 16.5. The minimum absolute atomic E-state index is 0.0106. The van der Waals surface area contributed by atoms with Crippen molar-refractivity contribution in [2.24, 2.45) is 0 Å². The zero-order chi connectivity index (χ0) is 21.2. The van der Waals surface area contributed by atoms with Crippen molar-refractivity contribution in [3.05, 3.63) is 46.0 Å². The van der Waals surface area contributed by atoms with Gasteiger partial charge in [0.15, 0.2) is 0 Å². The second-order valence-corrected chi connectivity index (χ2v) is 9.05. The second-order valence-electron chi connectivity index (χ2n) is 9.05. The molecule has 2 fully saturated rings. The number of benzene rings is 1. The number of tetrazole rings is 1. The van der Waals surface area contributed by atoms with Gasteiger partial charge in [-0.2, -0.15) is 0 Å². The third-order valence-electron chi connectivity index (χ3n) is 7.10. The van der Waals surface area contributed by atoms with Crippen molar-refractivity contribution in [2.75, 3.05) is 7.11 Å². The van der Waals surface area contributed by atoms with Crippen molar-refractivity contribution in [1.29, 1.82) is 0 Å². The second kappa shape index (κ2) is 8.78. The molecule has 0 aliphatic heterocycles. The van der Waals surface area contributed by atoms with Gasteiger partial charge in [-0.05, 0) is 73.2 Å². The summed E-state index contributed by atoms with van der Waals surface area (Å²) in [6.07, 6.45) is 9.71. The predicted molar refractivity (Wildman–Crippen MR) is 117 cm³/mol. The summed E-state index contributed by atoms with van der Waals surface area (Å²) in [4.78, 5) is 17.3. The molecule has 2 aromatic heterocycles. The molecule has 8 heteroatoms. The maximum absolute atomic E-state index is 12.9. The number of rotatable bonds is 7. The lowest BCUT2D eigenvalue weighted by Crippen LogP contribution is -3.13. The van der Waals surface area contributed by atoms with Gasteiger partial charge in [0, 0.05) is 10.9 Å². The molecule has 2 N–H and O–H groups in total. The van der Waals surface area contributed by atoms with E-state index in [0.29, 0.717) is 18.6 Å². The molecule has 1 atom stereocenters. The van der Waals surface area contributed by atoms with Crippen LogP contribution in [-0.4, -0.2) is 38.3 Å². The summed E-state index contributed by atoms with van der Waals surface area (Å²) in [6.45, 7) is 1.43. The molecule has 3 aromatic rings. The standard InChI is InChI=1S/C23H30N6O2/c1-31-20-10-11-21-16(13-20)12-17(23(30)24-21)14-28(18-6-2-3-7-18)15-22-25-26-27-29(22)19-8-4-5-9-19/h10-13,18-19H,2-9,14-15H2,1H3,(H,24,30)/p+1. The number of H-pyrrole nitrogens is 1. The molecular weight excluding hydrogens is 392 g/mol. The number of pyridine rings is 1. The van der Waals surface area contributed by atoms with Gasteiger partial charge in [0.05, 0.1) is 24.8 Å². The Morgan fingerprint density at radius 2 is 1.87 bits per heavy atom. The highest BCUT2D eigenvalue weighted by Crippen LogP contribution is 2.29. The SMILES string of the molecule is COc1ccc2[nH]c(=O)c(C[NH+](Cc3nnnn3C3CCCC3)C3CCCC3)cc2c1. The van der Waals surface area contributed by atoms with Gasteiger partial charge in [-0.1, -0.05) is 12.8 Å². The zero-order valence-electron chi connectivity index (χ0n) is 18.1. The van der Waals surface area contributed by atoms with Crippen LogP contribution in [0, 0.1) is 0 Å². The molecule has 0 spiro atoms. The molecule has 2 aliphatic carbocycles. The monoisotopic (exact) mass is 423 g/mol. The molecule has 8 nitrogen and oxygen atoms in total. The van der Waals surface area contributed by atoms with E-state index in [2.05, 4.69) is 25.2 Å². The van der Waals surface area contributed by atoms with Crippen LogP contribution >= 0.6 is 0 Å². The Morgan fingerprint density at radius 3 is 2.65 bits per heavy atom. The van der Waals surface area contributed by atoms with E-state index in [4.69, 9.17) is 4.74 Å². The van der Waals surface area contributed by atoms with Crippen LogP contribution in [-0.2, 0) is 13.1 Å². The first-order chi connectivity index (χ1) is 15.2. The zero-order valence-corrected chi connectivity index (χ0v) is 18.1. The Balaban J connectivity index is 1.44. The Hall–Kier alpha value is -2.74. The van der Waals surface area contributed by atoms with Crippen LogP contribution < -0.4 is 15.2 Å². The first-order valence-corrected chi connectivity index (χ1v) is 11.5. The van der Waals surface area contributed by atoms with E-state index >= 15 is 0 Å². The van der Waals surface area contributed by atoms with Crippen LogP contribution in [0.4, 0.5) is 0 Å². The topological polar surface area (TPSA) is 90.1 Å². The maximum atomic E-state index is 12.9. The van der Waals surface area contributed by atoms with E-state index in [1.807, 2.05) is 24.3 Å². The lowest BCUT2D eigenvalue weighted by atomic mass is 10.1. The Labute approximate surface area is 181 Å². The molecule has 0 bridgehead atoms. The number of quaternary nitrogens is 1. The van der Waals surface area contributed by atoms with Crippen molar-refractivity contribution in [3.63, 3.8) is 0 Å². The number of aromatic amines is 1. The quantitative estimate of drug-likeness (QED) is 0.608. The minimum Gasteiger partial charge on any atom is -0.497 e. The van der Waals surface area contributed by atoms with Gasteiger partial charge < -0.3 is 14.6 Å². The lowest BCUT2D eigenvalue weighted by molar-refractivity contribution is -0.952. The number of nitrogens with zero attached hydrogens (tertiary/aromatic N) is 4. The smallest absolute Gasteiger partial charge is 0.257 e. The number of hydrogen-bond donors (Lipinski definition) is 2. The summed E-state index contributed by atoms with van der Waals surface area (Å²) in [5.74, 6) is 1.74. The predicted octanol–water partition coefficient (Wildman–Crippen LogP) is 2.17. The fourth-order valence-corrected chi connectivity index (χ4v) is 5.38. The number of aromatic nitrogens is 5. The molecule has 2 saturated carbocycles. The van der Waals surface area contributed by atoms with Gasteiger partial charge in [0.1, 0.15) is 18.8 Å². The van der Waals surface area contributed by atoms with Gasteiger partial charge in [-0.15, -0.1) is 5.10 Å². The first-order valence-electron chi connectivity index (χ1n) is 11.5. The Bertz CT molecular complexity index is 1090. The molecule has 0 saturated heterocycles. The van der Waals surface area contributed by atoms with Gasteiger partial charge >= 0.3 is 0 Å². The highest BCUT2D eigenvalue weighted by Gasteiger charge is 2.30. The van der Waals surface area contributed by atoms with E-state index in [-0.39, 0.29) is 5.56 Å². The average Bonchev–Trinajstić information content (AvgIpc) is 3.55. The largest absolute Gasteiger partial charge is 0.497 e. The van der Waals surface area contributed by atoms with Crippen LogP contribution in [0.2, 0.25) is 0 Å². The van der Waals surface area contributed by atoms with Crippen molar-refractivity contribution >= 4 is 10.9 Å². The molecule has 31 heavy (non-hydrogen) atoms. The number of fused-ring (bicyclic) bond motifs is 1. The van der Waals surface area contributed by atoms with Crippen LogP contribution in [0.3, 0.4) is 0 Å². The summed E-state index contributed by atoms with van der Waals surface area (Å²) in [7, 11) is 1.66. The molecule has 0 radical (unpaired) electrons. The first kappa shape index (κ1) is 20.2. The average molecular weight is 424 g/mol. The highest BCUT2D eigenvalue weighted by molar-refractivity contribution is 5.80. The molecular formula is C23H31N6O2+. The third kappa shape index (κ3) is 4.21. The van der Waals surface area contributed by atoms with Crippen molar-refractivity contribution < 1.29 is 9.64 Å². The number of methoxy groups -OCH3 is 1. The summed E-state index contributed by atoms with van der Waals surface area (Å²) < 4.78 is 7.42. The summed E-state index contributed by atoms with van der Waals surface area (Å²) >= 11 is 0. The summed E-state index contributed by atoms with van der Waals surface area (Å²) in [5, 5.41) is 13.7. The fourth-order valence-electron chi connectivity index (χ4n) is 5.38. The van der Waals surface area contributed by atoms with E-state index < -0.39 is 0 Å². The molecule has 2 aliphatic rings. The minimum atomic E-state index is -0.0106. The van der Waals surface area contributed by atoms with E-state index in [1.165, 1.54) is 43.4 Å². The molecule has 1 aromatic carbocycles. The van der Waals surface area contributed by atoms with Gasteiger partial charge in [-0.25, -0.2) is 4.68 Å². The normalized spacial score (nSPS) is 18.7. The van der Waals surface area contributed by atoms with Crippen LogP contribution in [0.1, 0.15) is 68.8 Å². The fraction of sp³-hybridized carbons (Fsp3) is 0.565. The van der Waals surface area contributed by atoms with Gasteiger partial charge in [-0.3, -0.25) is 4.79 Å². The van der Waals surface area contributed by atoms with Gasteiger partial charge in [0.2, 0.25) is 5.82 Å². The van der Waals surface area contributed by atoms with E-state index in [9.17, 15) is 4.79 Å². The van der Waals surface area contributed by atoms with Crippen molar-refractivity contribution in [2.45, 2.75) is 76.5 Å². The van der Waals surface area contributed by atoms with Crippen LogP contribution in [0.15, 0.2) is 29.1 Å². The lowest BCUT2D eigenvalue weighted by Gasteiger charge is -2.25. The summed E-state index contributed by atoms with van der Waals surface area (Å²) in [6, 6.07) is 8.73. The number of hydrogen-bond acceptors (Lipinski definition) is 5. The maximum Gasteiger partial charge on any atom is 0.257 e. The number of nitrogens with one attached hydrogen (secondary N) is 2. The molecule has 2 heterocycles. The van der Waals surface area contributed by atoms with Crippen LogP contribution in [0.5, 0.6) is 5.75 Å². The van der Waals surface area contributed by atoms with Crippen molar-refractivity contribution in [3.8, 4) is 5.75 Å². The van der Waals surface area contributed by atoms with Crippen LogP contribution in [0.25, 0.3) is 10.9 Å².